The Morgan fingerprint density at radius 2 is 2.05 bits per heavy atom. The zero-order valence-electron chi connectivity index (χ0n) is 11.9. The molecule has 0 aromatic heterocycles. The highest BCUT2D eigenvalue weighted by molar-refractivity contribution is 6.32. The van der Waals surface area contributed by atoms with Crippen molar-refractivity contribution in [2.24, 2.45) is 0 Å². The largest absolute Gasteiger partial charge is 0.497 e. The molecule has 1 aliphatic carbocycles. The average molecular weight is 294 g/mol. The first-order valence-corrected chi connectivity index (χ1v) is 7.35. The van der Waals surface area contributed by atoms with E-state index in [0.717, 1.165) is 42.6 Å². The fourth-order valence-electron chi connectivity index (χ4n) is 2.45. The number of nitrogens with one attached hydrogen (secondary N) is 1. The SMILES string of the molecule is CCC(NC(=O)C1=C(Cl)CCC1)c1ccc(OC)cc1. The van der Waals surface area contributed by atoms with E-state index in [9.17, 15) is 4.79 Å². The van der Waals surface area contributed by atoms with Crippen LogP contribution in [-0.2, 0) is 4.79 Å². The van der Waals surface area contributed by atoms with E-state index in [1.807, 2.05) is 24.3 Å². The van der Waals surface area contributed by atoms with E-state index in [2.05, 4.69) is 12.2 Å². The number of hydrogen-bond acceptors (Lipinski definition) is 2. The first-order valence-electron chi connectivity index (χ1n) is 6.98. The van der Waals surface area contributed by atoms with Gasteiger partial charge in [-0.3, -0.25) is 4.79 Å². The Morgan fingerprint density at radius 3 is 2.55 bits per heavy atom. The number of methoxy groups -OCH3 is 1. The molecule has 0 heterocycles. The van der Waals surface area contributed by atoms with Gasteiger partial charge in [0.05, 0.1) is 13.2 Å². The summed E-state index contributed by atoms with van der Waals surface area (Å²) in [4.78, 5) is 12.2. The molecule has 1 aromatic rings. The predicted octanol–water partition coefficient (Wildman–Crippen LogP) is 3.94. The molecule has 0 aliphatic heterocycles. The molecule has 4 heteroatoms. The van der Waals surface area contributed by atoms with Crippen LogP contribution < -0.4 is 10.1 Å². The Morgan fingerprint density at radius 1 is 1.35 bits per heavy atom. The molecule has 0 saturated heterocycles. The molecule has 0 spiro atoms. The van der Waals surface area contributed by atoms with Crippen LogP contribution in [0.4, 0.5) is 0 Å². The molecular weight excluding hydrogens is 274 g/mol. The van der Waals surface area contributed by atoms with Crippen LogP contribution in [0.2, 0.25) is 0 Å². The Labute approximate surface area is 125 Å². The fraction of sp³-hybridized carbons (Fsp3) is 0.438. The van der Waals surface area contributed by atoms with Crippen LogP contribution in [0.15, 0.2) is 34.9 Å². The summed E-state index contributed by atoms with van der Waals surface area (Å²) in [5, 5.41) is 3.79. The Hall–Kier alpha value is -1.48. The zero-order chi connectivity index (χ0) is 14.5. The second-order valence-corrected chi connectivity index (χ2v) is 5.40. The quantitative estimate of drug-likeness (QED) is 0.893. The second-order valence-electron chi connectivity index (χ2n) is 4.94. The average Bonchev–Trinajstić information content (AvgIpc) is 2.91. The highest BCUT2D eigenvalue weighted by atomic mass is 35.5. The zero-order valence-corrected chi connectivity index (χ0v) is 12.7. The summed E-state index contributed by atoms with van der Waals surface area (Å²) >= 11 is 6.09. The van der Waals surface area contributed by atoms with E-state index in [4.69, 9.17) is 16.3 Å². The molecule has 0 radical (unpaired) electrons. The number of rotatable bonds is 5. The molecule has 1 aromatic carbocycles. The lowest BCUT2D eigenvalue weighted by Crippen LogP contribution is -2.29. The molecule has 0 saturated carbocycles. The van der Waals surface area contributed by atoms with E-state index >= 15 is 0 Å². The maximum atomic E-state index is 12.2. The van der Waals surface area contributed by atoms with Crippen molar-refractivity contribution in [2.75, 3.05) is 7.11 Å². The van der Waals surface area contributed by atoms with Crippen LogP contribution in [0.25, 0.3) is 0 Å². The molecule has 1 amide bonds. The van der Waals surface area contributed by atoms with Crippen molar-refractivity contribution >= 4 is 17.5 Å². The maximum Gasteiger partial charge on any atom is 0.248 e. The highest BCUT2D eigenvalue weighted by Gasteiger charge is 2.22. The van der Waals surface area contributed by atoms with Crippen molar-refractivity contribution < 1.29 is 9.53 Å². The summed E-state index contributed by atoms with van der Waals surface area (Å²) in [6.45, 7) is 2.06. The minimum atomic E-state index is -0.0323. The predicted molar refractivity (Wildman–Crippen MR) is 80.9 cm³/mol. The number of amides is 1. The molecule has 0 bridgehead atoms. The topological polar surface area (TPSA) is 38.3 Å². The van der Waals surface area contributed by atoms with Gasteiger partial charge < -0.3 is 10.1 Å². The first-order chi connectivity index (χ1) is 9.65. The van der Waals surface area contributed by atoms with Crippen LogP contribution in [0.3, 0.4) is 0 Å². The van der Waals surface area contributed by atoms with Crippen LogP contribution in [0, 0.1) is 0 Å². The van der Waals surface area contributed by atoms with Gasteiger partial charge in [0.1, 0.15) is 5.75 Å². The monoisotopic (exact) mass is 293 g/mol. The normalized spacial score (nSPS) is 16.1. The third-order valence-electron chi connectivity index (χ3n) is 3.66. The molecule has 108 valence electrons. The molecule has 1 N–H and O–H groups in total. The smallest absolute Gasteiger partial charge is 0.248 e. The van der Waals surface area contributed by atoms with Crippen molar-refractivity contribution in [2.45, 2.75) is 38.6 Å². The minimum Gasteiger partial charge on any atom is -0.497 e. The van der Waals surface area contributed by atoms with Gasteiger partial charge in [-0.25, -0.2) is 0 Å². The molecule has 20 heavy (non-hydrogen) atoms. The third-order valence-corrected chi connectivity index (χ3v) is 4.07. The van der Waals surface area contributed by atoms with Gasteiger partial charge in [-0.2, -0.15) is 0 Å². The van der Waals surface area contributed by atoms with Gasteiger partial charge >= 0.3 is 0 Å². The Balaban J connectivity index is 2.08. The number of hydrogen-bond donors (Lipinski definition) is 1. The van der Waals surface area contributed by atoms with E-state index in [-0.39, 0.29) is 11.9 Å². The van der Waals surface area contributed by atoms with Gasteiger partial charge in [0, 0.05) is 10.6 Å². The van der Waals surface area contributed by atoms with Crippen molar-refractivity contribution in [1.29, 1.82) is 0 Å². The van der Waals surface area contributed by atoms with E-state index in [1.54, 1.807) is 7.11 Å². The molecule has 1 atom stereocenters. The van der Waals surface area contributed by atoms with E-state index < -0.39 is 0 Å². The Kier molecular flexibility index (Phi) is 5.07. The van der Waals surface area contributed by atoms with Crippen molar-refractivity contribution in [1.82, 2.24) is 5.32 Å². The van der Waals surface area contributed by atoms with Gasteiger partial charge in [0.25, 0.3) is 0 Å². The number of ether oxygens (including phenoxy) is 1. The van der Waals surface area contributed by atoms with Crippen LogP contribution in [0.1, 0.15) is 44.2 Å². The van der Waals surface area contributed by atoms with Gasteiger partial charge in [-0.15, -0.1) is 0 Å². The van der Waals surface area contributed by atoms with Crippen molar-refractivity contribution in [3.05, 3.63) is 40.4 Å². The third kappa shape index (κ3) is 3.34. The lowest BCUT2D eigenvalue weighted by Gasteiger charge is -2.18. The van der Waals surface area contributed by atoms with Crippen LogP contribution in [0.5, 0.6) is 5.75 Å². The van der Waals surface area contributed by atoms with Crippen LogP contribution in [-0.4, -0.2) is 13.0 Å². The van der Waals surface area contributed by atoms with Crippen molar-refractivity contribution in [3.8, 4) is 5.75 Å². The number of allylic oxidation sites excluding steroid dienone is 1. The molecule has 2 rings (SSSR count). The molecule has 3 nitrogen and oxygen atoms in total. The molecule has 0 fully saturated rings. The summed E-state index contributed by atoms with van der Waals surface area (Å²) < 4.78 is 5.15. The van der Waals surface area contributed by atoms with E-state index in [0.29, 0.717) is 5.03 Å². The van der Waals surface area contributed by atoms with Gasteiger partial charge in [-0.05, 0) is 43.4 Å². The Bertz CT molecular complexity index is 508. The second kappa shape index (κ2) is 6.80. The number of carbonyl (C=O) groups is 1. The first kappa shape index (κ1) is 14.9. The lowest BCUT2D eigenvalue weighted by atomic mass is 10.0. The lowest BCUT2D eigenvalue weighted by molar-refractivity contribution is -0.118. The summed E-state index contributed by atoms with van der Waals surface area (Å²) in [5.41, 5.74) is 1.83. The number of halogens is 1. The van der Waals surface area contributed by atoms with Crippen molar-refractivity contribution in [3.63, 3.8) is 0 Å². The van der Waals surface area contributed by atoms with Gasteiger partial charge in [0.2, 0.25) is 5.91 Å². The standard InChI is InChI=1S/C16H20ClNO2/c1-3-15(11-7-9-12(20-2)10-8-11)18-16(19)13-5-4-6-14(13)17/h7-10,15H,3-6H2,1-2H3,(H,18,19). The summed E-state index contributed by atoms with van der Waals surface area (Å²) in [7, 11) is 1.64. The van der Waals surface area contributed by atoms with Crippen LogP contribution >= 0.6 is 11.6 Å². The summed E-state index contributed by atoms with van der Waals surface area (Å²) in [6.07, 6.45) is 3.41. The summed E-state index contributed by atoms with van der Waals surface area (Å²) in [5.74, 6) is 0.784. The number of carbonyl (C=O) groups excluding carboxylic acids is 1. The summed E-state index contributed by atoms with van der Waals surface area (Å²) in [6, 6.07) is 7.79. The fourth-order valence-corrected chi connectivity index (χ4v) is 2.76. The minimum absolute atomic E-state index is 0.00553. The van der Waals surface area contributed by atoms with Gasteiger partial charge in [-0.1, -0.05) is 30.7 Å². The molecular formula is C16H20ClNO2. The van der Waals surface area contributed by atoms with E-state index in [1.165, 1.54) is 0 Å². The molecule has 1 aliphatic rings. The highest BCUT2D eigenvalue weighted by Crippen LogP contribution is 2.30. The number of benzene rings is 1. The van der Waals surface area contributed by atoms with Gasteiger partial charge in [0.15, 0.2) is 0 Å². The maximum absolute atomic E-state index is 12.2. The molecule has 1 unspecified atom stereocenters.